The van der Waals surface area contributed by atoms with Crippen molar-refractivity contribution in [2.45, 2.75) is 0 Å². The Morgan fingerprint density at radius 1 is 0.891 bits per heavy atom. The van der Waals surface area contributed by atoms with E-state index in [9.17, 15) is 9.18 Å². The molecule has 0 saturated carbocycles. The van der Waals surface area contributed by atoms with E-state index < -0.39 is 0 Å². The third kappa shape index (κ3) is 5.91. The number of nitrogens with one attached hydrogen (secondary N) is 3. The molecule has 0 spiro atoms. The van der Waals surface area contributed by atoms with Crippen LogP contribution in [0.1, 0.15) is 10.4 Å². The van der Waals surface area contributed by atoms with Crippen LogP contribution in [0.4, 0.5) is 10.1 Å². The van der Waals surface area contributed by atoms with Gasteiger partial charge in [-0.05, 0) is 62.1 Å². The van der Waals surface area contributed by atoms with Gasteiger partial charge in [-0.2, -0.15) is 5.10 Å². The van der Waals surface area contributed by atoms with Crippen LogP contribution in [-0.4, -0.2) is 68.2 Å². The maximum Gasteiger partial charge on any atom is 0.255 e. The molecule has 7 aromatic rings. The number of rotatable bonds is 9. The molecule has 0 fully saturated rings. The first-order chi connectivity index (χ1) is 22.4. The van der Waals surface area contributed by atoms with E-state index >= 15 is 0 Å². The van der Waals surface area contributed by atoms with Crippen molar-refractivity contribution in [3.63, 3.8) is 0 Å². The Hall–Kier alpha value is -5.94. The average molecular weight is 613 g/mol. The third-order valence-electron chi connectivity index (χ3n) is 7.57. The lowest BCUT2D eigenvalue weighted by Gasteiger charge is -2.12. The first-order valence-electron chi connectivity index (χ1n) is 14.6. The Morgan fingerprint density at radius 3 is 2.57 bits per heavy atom. The Labute approximate surface area is 263 Å². The topological polar surface area (TPSA) is 125 Å². The van der Waals surface area contributed by atoms with Crippen LogP contribution in [0.2, 0.25) is 0 Å². The minimum Gasteiger partial charge on any atom is -0.492 e. The summed E-state index contributed by atoms with van der Waals surface area (Å²) in [6.45, 7) is 1.16. The lowest BCUT2D eigenvalue weighted by molar-refractivity contribution is 0.102. The van der Waals surface area contributed by atoms with Crippen molar-refractivity contribution in [2.24, 2.45) is 0 Å². The number of carbonyl (C=O) groups is 1. The molecule has 0 saturated heterocycles. The monoisotopic (exact) mass is 612 g/mol. The van der Waals surface area contributed by atoms with E-state index in [1.165, 1.54) is 12.1 Å². The van der Waals surface area contributed by atoms with Crippen molar-refractivity contribution in [3.05, 3.63) is 109 Å². The summed E-state index contributed by atoms with van der Waals surface area (Å²) in [5.41, 5.74) is 6.93. The summed E-state index contributed by atoms with van der Waals surface area (Å²) in [5.74, 6) is -0.149. The highest BCUT2D eigenvalue weighted by Gasteiger charge is 2.17. The fraction of sp³-hybridized carbons (Fsp3) is 0.114. The van der Waals surface area contributed by atoms with Crippen molar-refractivity contribution >= 4 is 33.5 Å². The number of ether oxygens (including phenoxy) is 1. The van der Waals surface area contributed by atoms with E-state index in [0.29, 0.717) is 47.1 Å². The van der Waals surface area contributed by atoms with Crippen LogP contribution in [0.5, 0.6) is 5.75 Å². The molecule has 0 aliphatic carbocycles. The summed E-state index contributed by atoms with van der Waals surface area (Å²) >= 11 is 0. The Kier molecular flexibility index (Phi) is 7.65. The number of benzene rings is 2. The normalized spacial score (nSPS) is 11.4. The second-order valence-corrected chi connectivity index (χ2v) is 11.1. The molecule has 7 rings (SSSR count). The molecule has 5 aromatic heterocycles. The number of fused-ring (bicyclic) bond motifs is 2. The molecule has 0 bridgehead atoms. The fourth-order valence-corrected chi connectivity index (χ4v) is 5.28. The molecule has 0 radical (unpaired) electrons. The van der Waals surface area contributed by atoms with Crippen molar-refractivity contribution < 1.29 is 13.9 Å². The first kappa shape index (κ1) is 28.8. The highest BCUT2D eigenvalue weighted by Crippen LogP contribution is 2.35. The first-order valence-corrected chi connectivity index (χ1v) is 14.6. The maximum atomic E-state index is 14.7. The van der Waals surface area contributed by atoms with E-state index in [1.807, 2.05) is 61.5 Å². The molecule has 0 aliphatic rings. The lowest BCUT2D eigenvalue weighted by atomic mass is 10.0. The molecule has 0 unspecified atom stereocenters. The van der Waals surface area contributed by atoms with Crippen LogP contribution in [0.15, 0.2) is 97.7 Å². The summed E-state index contributed by atoms with van der Waals surface area (Å²) in [4.78, 5) is 31.5. The Bertz CT molecular complexity index is 2190. The van der Waals surface area contributed by atoms with Crippen molar-refractivity contribution in [1.82, 2.24) is 35.0 Å². The van der Waals surface area contributed by atoms with Gasteiger partial charge in [0.15, 0.2) is 5.65 Å². The van der Waals surface area contributed by atoms with Gasteiger partial charge < -0.3 is 19.9 Å². The van der Waals surface area contributed by atoms with Gasteiger partial charge >= 0.3 is 0 Å². The van der Waals surface area contributed by atoms with Crippen molar-refractivity contribution in [3.8, 4) is 39.4 Å². The number of amides is 1. The van der Waals surface area contributed by atoms with Gasteiger partial charge in [0.05, 0.1) is 29.3 Å². The van der Waals surface area contributed by atoms with Gasteiger partial charge in [0, 0.05) is 64.2 Å². The summed E-state index contributed by atoms with van der Waals surface area (Å²) in [6, 6.07) is 19.5. The summed E-state index contributed by atoms with van der Waals surface area (Å²) in [5, 5.41) is 12.1. The number of hydrogen-bond acceptors (Lipinski definition) is 7. The summed E-state index contributed by atoms with van der Waals surface area (Å²) in [7, 11) is 3.92. The predicted octanol–water partition coefficient (Wildman–Crippen LogP) is 6.56. The van der Waals surface area contributed by atoms with E-state index in [0.717, 1.165) is 38.7 Å². The Balaban J connectivity index is 1.21. The van der Waals surface area contributed by atoms with Gasteiger partial charge in [0.2, 0.25) is 0 Å². The Morgan fingerprint density at radius 2 is 1.72 bits per heavy atom. The molecule has 10 nitrogen and oxygen atoms in total. The van der Waals surface area contributed by atoms with Crippen molar-refractivity contribution in [1.29, 1.82) is 0 Å². The van der Waals surface area contributed by atoms with Gasteiger partial charge in [-0.15, -0.1) is 0 Å². The zero-order valence-corrected chi connectivity index (χ0v) is 25.1. The van der Waals surface area contributed by atoms with Crippen LogP contribution >= 0.6 is 0 Å². The minimum atomic E-state index is -0.389. The quantitative estimate of drug-likeness (QED) is 0.169. The number of carbonyl (C=O) groups excluding carboxylic acids is 1. The molecule has 0 atom stereocenters. The number of pyridine rings is 3. The molecular formula is C35H29FN8O2. The number of likely N-dealkylation sites (N-methyl/N-ethyl adjacent to an activating group) is 1. The van der Waals surface area contributed by atoms with Gasteiger partial charge in [-0.1, -0.05) is 18.2 Å². The number of aromatic nitrogens is 6. The smallest absolute Gasteiger partial charge is 0.255 e. The van der Waals surface area contributed by atoms with E-state index in [1.54, 1.807) is 43.1 Å². The van der Waals surface area contributed by atoms with E-state index in [2.05, 4.69) is 35.5 Å². The lowest BCUT2D eigenvalue weighted by Crippen LogP contribution is -2.19. The van der Waals surface area contributed by atoms with Crippen LogP contribution in [-0.2, 0) is 0 Å². The van der Waals surface area contributed by atoms with Crippen LogP contribution in [0, 0.1) is 5.82 Å². The average Bonchev–Trinajstić information content (AvgIpc) is 3.69. The zero-order valence-electron chi connectivity index (χ0n) is 25.1. The van der Waals surface area contributed by atoms with Crippen LogP contribution < -0.4 is 10.1 Å². The third-order valence-corrected chi connectivity index (χ3v) is 7.57. The van der Waals surface area contributed by atoms with Gasteiger partial charge in [-0.25, -0.2) is 9.37 Å². The molecule has 5 heterocycles. The molecule has 0 aliphatic heterocycles. The second-order valence-electron chi connectivity index (χ2n) is 11.1. The molecule has 3 N–H and O–H groups in total. The van der Waals surface area contributed by atoms with E-state index in [-0.39, 0.29) is 11.7 Å². The van der Waals surface area contributed by atoms with Crippen LogP contribution in [0.25, 0.3) is 55.6 Å². The number of nitrogens with zero attached hydrogens (tertiary/aromatic N) is 5. The number of hydrogen-bond donors (Lipinski definition) is 3. The number of aromatic amines is 2. The van der Waals surface area contributed by atoms with Crippen molar-refractivity contribution in [2.75, 3.05) is 32.6 Å². The number of halogens is 1. The minimum absolute atomic E-state index is 0.218. The molecule has 2 aromatic carbocycles. The molecule has 11 heteroatoms. The summed E-state index contributed by atoms with van der Waals surface area (Å²) < 4.78 is 20.5. The van der Waals surface area contributed by atoms with E-state index in [4.69, 9.17) is 4.74 Å². The van der Waals surface area contributed by atoms with Gasteiger partial charge in [0.1, 0.15) is 23.9 Å². The summed E-state index contributed by atoms with van der Waals surface area (Å²) in [6.07, 6.45) is 8.51. The standard InChI is InChI=1S/C35H29FN8O2/c1-44(2)8-9-46-27-12-22(10-25(36)14-27)30-19-38-20-32-28(30)15-31(41-32)33-29-13-24(17-39-34(29)43-42-33)23-11-26(18-37-16-23)40-35(45)21-6-4-3-5-7-21/h3-7,10-20,41H,8-9H2,1-2H3,(H,40,45)(H,39,42,43). The highest BCUT2D eigenvalue weighted by atomic mass is 19.1. The van der Waals surface area contributed by atoms with Gasteiger partial charge in [0.25, 0.3) is 5.91 Å². The molecule has 1 amide bonds. The number of anilines is 1. The fourth-order valence-electron chi connectivity index (χ4n) is 5.28. The predicted molar refractivity (Wildman–Crippen MR) is 176 cm³/mol. The maximum absolute atomic E-state index is 14.7. The molecular weight excluding hydrogens is 583 g/mol. The van der Waals surface area contributed by atoms with Crippen LogP contribution in [0.3, 0.4) is 0 Å². The SMILES string of the molecule is CN(C)CCOc1cc(F)cc(-c2cncc3[nH]c(-c4n[nH]c5ncc(-c6cncc(NC(=O)c7ccccc7)c6)cc45)cc23)c1. The molecule has 46 heavy (non-hydrogen) atoms. The number of H-pyrrole nitrogens is 2. The molecule has 228 valence electrons. The van der Waals surface area contributed by atoms with Gasteiger partial charge in [-0.3, -0.25) is 19.9 Å². The largest absolute Gasteiger partial charge is 0.492 e. The highest BCUT2D eigenvalue weighted by molar-refractivity contribution is 6.04. The zero-order chi connectivity index (χ0) is 31.6. The second kappa shape index (κ2) is 12.2.